The van der Waals surface area contributed by atoms with Crippen LogP contribution in [0.4, 0.5) is 4.79 Å². The lowest BCUT2D eigenvalue weighted by Gasteiger charge is -2.45. The van der Waals surface area contributed by atoms with Crippen LogP contribution in [0.1, 0.15) is 40.0 Å². The molecule has 2 aliphatic rings. The molecule has 2 aliphatic heterocycles. The molecule has 5 heteroatoms. The minimum absolute atomic E-state index is 0.164. The number of amides is 1. The van der Waals surface area contributed by atoms with Crippen LogP contribution in [0, 0.1) is 0 Å². The molecule has 0 bridgehead atoms. The van der Waals surface area contributed by atoms with Gasteiger partial charge in [-0.2, -0.15) is 0 Å². The largest absolute Gasteiger partial charge is 0.444 e. The first kappa shape index (κ1) is 15.6. The van der Waals surface area contributed by atoms with Crippen molar-refractivity contribution in [3.8, 4) is 0 Å². The molecule has 0 aliphatic carbocycles. The number of nitrogens with zero attached hydrogens (tertiary/aromatic N) is 2. The Labute approximate surface area is 122 Å². The molecule has 20 heavy (non-hydrogen) atoms. The Morgan fingerprint density at radius 3 is 2.60 bits per heavy atom. The van der Waals surface area contributed by atoms with E-state index in [1.165, 1.54) is 19.3 Å². The summed E-state index contributed by atoms with van der Waals surface area (Å²) < 4.78 is 5.57. The molecule has 5 nitrogen and oxygen atoms in total. The van der Waals surface area contributed by atoms with Gasteiger partial charge in [-0.25, -0.2) is 4.79 Å². The molecule has 2 rings (SSSR count). The third kappa shape index (κ3) is 3.85. The number of piperidine rings is 1. The molecule has 0 spiro atoms. The van der Waals surface area contributed by atoms with Gasteiger partial charge in [-0.05, 0) is 47.2 Å². The number of likely N-dealkylation sites (tertiary alicyclic amines) is 1. The van der Waals surface area contributed by atoms with Crippen molar-refractivity contribution in [2.75, 3.05) is 33.2 Å². The van der Waals surface area contributed by atoms with Crippen molar-refractivity contribution in [3.05, 3.63) is 0 Å². The van der Waals surface area contributed by atoms with Crippen molar-refractivity contribution in [1.82, 2.24) is 15.1 Å². The van der Waals surface area contributed by atoms with Crippen LogP contribution in [0.3, 0.4) is 0 Å². The second kappa shape index (κ2) is 6.31. The van der Waals surface area contributed by atoms with Crippen LogP contribution in [0.5, 0.6) is 0 Å². The van der Waals surface area contributed by atoms with Crippen molar-refractivity contribution in [2.45, 2.75) is 57.7 Å². The lowest BCUT2D eigenvalue weighted by atomic mass is 9.94. The van der Waals surface area contributed by atoms with Crippen LogP contribution >= 0.6 is 0 Å². The number of carbonyl (C=O) groups excluding carboxylic acids is 1. The zero-order valence-corrected chi connectivity index (χ0v) is 13.3. The molecule has 116 valence electrons. The van der Waals surface area contributed by atoms with Gasteiger partial charge in [0, 0.05) is 25.7 Å². The van der Waals surface area contributed by atoms with E-state index in [4.69, 9.17) is 4.74 Å². The lowest BCUT2D eigenvalue weighted by Crippen LogP contribution is -2.62. The fraction of sp³-hybridized carbons (Fsp3) is 0.933. The molecule has 0 aromatic rings. The summed E-state index contributed by atoms with van der Waals surface area (Å²) in [5, 5.41) is 3.42. The normalized spacial score (nSPS) is 29.3. The predicted molar refractivity (Wildman–Crippen MR) is 79.9 cm³/mol. The highest BCUT2D eigenvalue weighted by Gasteiger charge is 2.37. The van der Waals surface area contributed by atoms with Crippen LogP contribution in [0.25, 0.3) is 0 Å². The molecule has 2 unspecified atom stereocenters. The molecule has 0 aromatic heterocycles. The van der Waals surface area contributed by atoms with Gasteiger partial charge in [0.05, 0.1) is 6.04 Å². The summed E-state index contributed by atoms with van der Waals surface area (Å²) in [6, 6.07) is 0.674. The van der Waals surface area contributed by atoms with Gasteiger partial charge in [0.2, 0.25) is 0 Å². The molecule has 2 atom stereocenters. The molecule has 0 aromatic carbocycles. The summed E-state index contributed by atoms with van der Waals surface area (Å²) in [4.78, 5) is 16.8. The van der Waals surface area contributed by atoms with Crippen LogP contribution in [0.2, 0.25) is 0 Å². The standard InChI is InChI=1S/C15H29N3O2/c1-15(2,3)20-14(19)18-10-8-16-11-13(18)12-7-5-6-9-17(12)4/h12-13,16H,5-11H2,1-4H3. The molecular weight excluding hydrogens is 254 g/mol. The second-order valence-electron chi connectivity index (χ2n) is 6.99. The van der Waals surface area contributed by atoms with Gasteiger partial charge in [0.25, 0.3) is 0 Å². The van der Waals surface area contributed by atoms with Gasteiger partial charge < -0.3 is 19.9 Å². The molecular formula is C15H29N3O2. The molecule has 2 saturated heterocycles. The Balaban J connectivity index is 2.06. The van der Waals surface area contributed by atoms with Gasteiger partial charge in [0.15, 0.2) is 0 Å². The monoisotopic (exact) mass is 283 g/mol. The zero-order chi connectivity index (χ0) is 14.8. The van der Waals surface area contributed by atoms with Crippen molar-refractivity contribution in [1.29, 1.82) is 0 Å². The summed E-state index contributed by atoms with van der Waals surface area (Å²) in [7, 11) is 2.17. The summed E-state index contributed by atoms with van der Waals surface area (Å²) in [6.45, 7) is 9.37. The molecule has 1 amide bonds. The summed E-state index contributed by atoms with van der Waals surface area (Å²) in [6.07, 6.45) is 3.53. The van der Waals surface area contributed by atoms with Crippen LogP contribution in [-0.2, 0) is 4.74 Å². The zero-order valence-electron chi connectivity index (χ0n) is 13.3. The number of hydrogen-bond donors (Lipinski definition) is 1. The number of ether oxygens (including phenoxy) is 1. The van der Waals surface area contributed by atoms with E-state index < -0.39 is 5.60 Å². The fourth-order valence-corrected chi connectivity index (χ4v) is 3.20. The molecule has 0 saturated carbocycles. The number of carbonyl (C=O) groups is 1. The number of piperazine rings is 1. The summed E-state index contributed by atoms with van der Waals surface area (Å²) in [5.74, 6) is 0. The molecule has 2 heterocycles. The maximum atomic E-state index is 12.4. The van der Waals surface area contributed by atoms with Gasteiger partial charge in [0.1, 0.15) is 5.60 Å². The van der Waals surface area contributed by atoms with Crippen molar-refractivity contribution < 1.29 is 9.53 Å². The van der Waals surface area contributed by atoms with Crippen LogP contribution in [0.15, 0.2) is 0 Å². The van der Waals surface area contributed by atoms with E-state index in [1.54, 1.807) is 0 Å². The van der Waals surface area contributed by atoms with Gasteiger partial charge in [-0.1, -0.05) is 6.42 Å². The topological polar surface area (TPSA) is 44.8 Å². The van der Waals surface area contributed by atoms with Crippen molar-refractivity contribution in [3.63, 3.8) is 0 Å². The smallest absolute Gasteiger partial charge is 0.410 e. The Morgan fingerprint density at radius 1 is 1.20 bits per heavy atom. The third-order valence-corrected chi connectivity index (χ3v) is 4.18. The van der Waals surface area contributed by atoms with Crippen LogP contribution < -0.4 is 5.32 Å². The minimum Gasteiger partial charge on any atom is -0.444 e. The Bertz CT molecular complexity index is 341. The second-order valence-corrected chi connectivity index (χ2v) is 6.99. The van der Waals surface area contributed by atoms with Crippen molar-refractivity contribution >= 4 is 6.09 Å². The Hall–Kier alpha value is -0.810. The van der Waals surface area contributed by atoms with E-state index in [0.717, 1.165) is 26.2 Å². The number of likely N-dealkylation sites (N-methyl/N-ethyl adjacent to an activating group) is 1. The SMILES string of the molecule is CN1CCCCC1C1CNCCN1C(=O)OC(C)(C)C. The van der Waals surface area contributed by atoms with Gasteiger partial charge in [-0.15, -0.1) is 0 Å². The summed E-state index contributed by atoms with van der Waals surface area (Å²) >= 11 is 0. The first-order valence-electron chi connectivity index (χ1n) is 7.79. The van der Waals surface area contributed by atoms with E-state index >= 15 is 0 Å². The number of hydrogen-bond acceptors (Lipinski definition) is 4. The van der Waals surface area contributed by atoms with E-state index in [2.05, 4.69) is 17.3 Å². The van der Waals surface area contributed by atoms with Gasteiger partial charge >= 0.3 is 6.09 Å². The van der Waals surface area contributed by atoms with Crippen LogP contribution in [-0.4, -0.2) is 66.8 Å². The van der Waals surface area contributed by atoms with E-state index in [0.29, 0.717) is 6.04 Å². The Morgan fingerprint density at radius 2 is 1.95 bits per heavy atom. The average Bonchev–Trinajstić information content (AvgIpc) is 2.37. The first-order chi connectivity index (χ1) is 9.38. The minimum atomic E-state index is -0.426. The number of rotatable bonds is 1. The van der Waals surface area contributed by atoms with Crippen molar-refractivity contribution in [2.24, 2.45) is 0 Å². The van der Waals surface area contributed by atoms with E-state index in [9.17, 15) is 4.79 Å². The summed E-state index contributed by atoms with van der Waals surface area (Å²) in [5.41, 5.74) is -0.426. The fourth-order valence-electron chi connectivity index (χ4n) is 3.20. The highest BCUT2D eigenvalue weighted by Crippen LogP contribution is 2.23. The maximum absolute atomic E-state index is 12.4. The molecule has 0 radical (unpaired) electrons. The highest BCUT2D eigenvalue weighted by molar-refractivity contribution is 5.69. The Kier molecular flexibility index (Phi) is 4.91. The maximum Gasteiger partial charge on any atom is 0.410 e. The third-order valence-electron chi connectivity index (χ3n) is 4.18. The number of nitrogens with one attached hydrogen (secondary N) is 1. The highest BCUT2D eigenvalue weighted by atomic mass is 16.6. The van der Waals surface area contributed by atoms with E-state index in [1.807, 2.05) is 25.7 Å². The average molecular weight is 283 g/mol. The first-order valence-corrected chi connectivity index (χ1v) is 7.79. The quantitative estimate of drug-likeness (QED) is 0.795. The molecule has 1 N–H and O–H groups in total. The molecule has 2 fully saturated rings. The van der Waals surface area contributed by atoms with E-state index in [-0.39, 0.29) is 12.1 Å². The van der Waals surface area contributed by atoms with Gasteiger partial charge in [-0.3, -0.25) is 0 Å². The predicted octanol–water partition coefficient (Wildman–Crippen LogP) is 1.68. The lowest BCUT2D eigenvalue weighted by molar-refractivity contribution is -0.00514.